The number of alkyl halides is 3. The van der Waals surface area contributed by atoms with Crippen LogP contribution in [0.2, 0.25) is 0 Å². The standard InChI is InChI=1S/C24H31F4N3O3S/c1-15(30-20(32)34-21(2,3)4)23(31-35(33)22(5,6)7,18-12-13-29-19(25)14-18)16-8-10-17(11-9-16)24(26,27)28/h8-15,31H,1-7H3,(H,30,32)/t15-,23?,35+/m0/s1. The predicted octanol–water partition coefficient (Wildman–Crippen LogP) is 5.45. The van der Waals surface area contributed by atoms with Crippen molar-refractivity contribution < 1.29 is 31.6 Å². The normalized spacial score (nSPS) is 16.2. The number of amides is 1. The van der Waals surface area contributed by atoms with Crippen LogP contribution in [0.3, 0.4) is 0 Å². The molecule has 3 atom stereocenters. The van der Waals surface area contributed by atoms with E-state index in [1.54, 1.807) is 48.5 Å². The summed E-state index contributed by atoms with van der Waals surface area (Å²) >= 11 is -1.80. The minimum absolute atomic E-state index is 0.200. The lowest BCUT2D eigenvalue weighted by atomic mass is 9.78. The van der Waals surface area contributed by atoms with E-state index in [1.165, 1.54) is 24.4 Å². The van der Waals surface area contributed by atoms with Gasteiger partial charge >= 0.3 is 12.3 Å². The monoisotopic (exact) mass is 517 g/mol. The minimum atomic E-state index is -4.58. The Hall–Kier alpha value is -2.37. The van der Waals surface area contributed by atoms with Gasteiger partial charge in [-0.3, -0.25) is 0 Å². The molecule has 1 aromatic heterocycles. The maximum atomic E-state index is 14.3. The second-order valence-electron chi connectivity index (χ2n) is 10.1. The van der Waals surface area contributed by atoms with Gasteiger partial charge in [0, 0.05) is 17.6 Å². The molecule has 0 saturated carbocycles. The molecule has 1 heterocycles. The van der Waals surface area contributed by atoms with Gasteiger partial charge in [-0.2, -0.15) is 17.6 Å². The molecule has 35 heavy (non-hydrogen) atoms. The lowest BCUT2D eigenvalue weighted by molar-refractivity contribution is -0.137. The summed E-state index contributed by atoms with van der Waals surface area (Å²) in [5, 5.41) is 2.67. The van der Waals surface area contributed by atoms with Crippen molar-refractivity contribution in [2.24, 2.45) is 0 Å². The summed E-state index contributed by atoms with van der Waals surface area (Å²) in [6, 6.07) is 5.73. The highest BCUT2D eigenvalue weighted by atomic mass is 32.2. The number of nitrogens with zero attached hydrogens (tertiary/aromatic N) is 1. The molecule has 194 valence electrons. The van der Waals surface area contributed by atoms with E-state index in [9.17, 15) is 26.9 Å². The molecule has 0 aliphatic carbocycles. The number of benzene rings is 1. The fraction of sp³-hybridized carbons (Fsp3) is 0.500. The summed E-state index contributed by atoms with van der Waals surface area (Å²) in [6.07, 6.45) is -4.20. The first-order chi connectivity index (χ1) is 15.9. The molecule has 1 unspecified atom stereocenters. The van der Waals surface area contributed by atoms with Crippen LogP contribution in [0, 0.1) is 5.95 Å². The predicted molar refractivity (Wildman–Crippen MR) is 126 cm³/mol. The zero-order valence-electron chi connectivity index (χ0n) is 20.7. The topological polar surface area (TPSA) is 86.3 Å². The highest BCUT2D eigenvalue weighted by Gasteiger charge is 2.48. The van der Waals surface area contributed by atoms with Gasteiger partial charge in [0.25, 0.3) is 0 Å². The quantitative estimate of drug-likeness (QED) is 0.302. The van der Waals surface area contributed by atoms with Crippen LogP contribution in [-0.4, -0.2) is 32.0 Å². The maximum Gasteiger partial charge on any atom is 0.416 e. The molecule has 0 spiro atoms. The lowest BCUT2D eigenvalue weighted by Gasteiger charge is -2.42. The Balaban J connectivity index is 2.75. The van der Waals surface area contributed by atoms with Gasteiger partial charge in [-0.25, -0.2) is 9.78 Å². The molecule has 1 amide bonds. The van der Waals surface area contributed by atoms with E-state index >= 15 is 0 Å². The van der Waals surface area contributed by atoms with Gasteiger partial charge in [0.15, 0.2) is 0 Å². The Morgan fingerprint density at radius 1 is 1.00 bits per heavy atom. The van der Waals surface area contributed by atoms with Crippen LogP contribution in [0.1, 0.15) is 65.2 Å². The summed E-state index contributed by atoms with van der Waals surface area (Å²) < 4.78 is 74.9. The van der Waals surface area contributed by atoms with Crippen LogP contribution in [0.25, 0.3) is 0 Å². The zero-order chi connectivity index (χ0) is 26.8. The average Bonchev–Trinajstić information content (AvgIpc) is 2.69. The van der Waals surface area contributed by atoms with E-state index in [4.69, 9.17) is 4.74 Å². The van der Waals surface area contributed by atoms with Crippen LogP contribution in [0.4, 0.5) is 22.4 Å². The van der Waals surface area contributed by atoms with Gasteiger partial charge in [0.2, 0.25) is 5.95 Å². The molecule has 0 bridgehead atoms. The van der Waals surface area contributed by atoms with Crippen molar-refractivity contribution in [2.75, 3.05) is 0 Å². The van der Waals surface area contributed by atoms with E-state index in [2.05, 4.69) is 15.0 Å². The molecule has 1 aromatic carbocycles. The van der Waals surface area contributed by atoms with Crippen molar-refractivity contribution in [2.45, 2.75) is 76.6 Å². The van der Waals surface area contributed by atoms with Crippen molar-refractivity contribution in [1.82, 2.24) is 15.0 Å². The second kappa shape index (κ2) is 10.3. The number of ether oxygens (including phenoxy) is 1. The third-order valence-electron chi connectivity index (χ3n) is 5.04. The number of nitrogens with one attached hydrogen (secondary N) is 2. The van der Waals surface area contributed by atoms with E-state index in [-0.39, 0.29) is 11.1 Å². The number of rotatable bonds is 6. The van der Waals surface area contributed by atoms with Crippen molar-refractivity contribution in [3.05, 3.63) is 65.2 Å². The van der Waals surface area contributed by atoms with E-state index in [0.29, 0.717) is 0 Å². The van der Waals surface area contributed by atoms with E-state index < -0.39 is 57.1 Å². The number of carbonyl (C=O) groups is 1. The van der Waals surface area contributed by atoms with Crippen molar-refractivity contribution in [3.8, 4) is 0 Å². The molecule has 11 heteroatoms. The third-order valence-corrected chi connectivity index (χ3v) is 6.66. The van der Waals surface area contributed by atoms with Gasteiger partial charge in [0.05, 0.1) is 11.6 Å². The summed E-state index contributed by atoms with van der Waals surface area (Å²) in [6.45, 7) is 11.7. The smallest absolute Gasteiger partial charge is 0.416 e. The summed E-state index contributed by atoms with van der Waals surface area (Å²) in [4.78, 5) is 16.2. The molecule has 0 aliphatic rings. The first-order valence-corrected chi connectivity index (χ1v) is 12.0. The Morgan fingerprint density at radius 3 is 2.00 bits per heavy atom. The molecule has 0 radical (unpaired) electrons. The number of hydrogen-bond acceptors (Lipinski definition) is 5. The third kappa shape index (κ3) is 7.31. The maximum absolute atomic E-state index is 14.3. The second-order valence-corrected chi connectivity index (χ2v) is 12.1. The Labute approximate surface area is 206 Å². The van der Waals surface area contributed by atoms with E-state index in [1.807, 2.05) is 0 Å². The molecule has 2 aromatic rings. The molecular weight excluding hydrogens is 486 g/mol. The molecular formula is C24H31F4N3O3S. The minimum Gasteiger partial charge on any atom is -0.598 e. The molecule has 2 rings (SSSR count). The first-order valence-electron chi connectivity index (χ1n) is 10.9. The Bertz CT molecular complexity index is 1020. The average molecular weight is 518 g/mol. The molecule has 0 aliphatic heterocycles. The van der Waals surface area contributed by atoms with Crippen LogP contribution in [0.5, 0.6) is 0 Å². The molecule has 0 saturated heterocycles. The highest BCUT2D eigenvalue weighted by Crippen LogP contribution is 2.38. The van der Waals surface area contributed by atoms with Gasteiger partial charge in [-0.05, 0) is 83.9 Å². The fourth-order valence-corrected chi connectivity index (χ4v) is 4.35. The van der Waals surface area contributed by atoms with Crippen molar-refractivity contribution in [3.63, 3.8) is 0 Å². The summed E-state index contributed by atoms with van der Waals surface area (Å²) in [5.41, 5.74) is -2.92. The van der Waals surface area contributed by atoms with Crippen LogP contribution < -0.4 is 10.0 Å². The Kier molecular flexibility index (Phi) is 8.51. The first kappa shape index (κ1) is 28.9. The SMILES string of the molecule is C[C@H](NC(=O)OC(C)(C)C)C(N[S@+]([O-])C(C)(C)C)(c1ccc(C(F)(F)F)cc1)c1ccnc(F)c1. The van der Waals surface area contributed by atoms with Crippen molar-refractivity contribution >= 4 is 17.5 Å². The van der Waals surface area contributed by atoms with Crippen LogP contribution >= 0.6 is 0 Å². The van der Waals surface area contributed by atoms with Gasteiger partial charge in [0.1, 0.15) is 15.9 Å². The number of hydrogen-bond donors (Lipinski definition) is 2. The van der Waals surface area contributed by atoms with Gasteiger partial charge in [-0.1, -0.05) is 12.1 Å². The molecule has 0 fully saturated rings. The number of alkyl carbamates (subject to hydrolysis) is 1. The molecule has 2 N–H and O–H groups in total. The highest BCUT2D eigenvalue weighted by molar-refractivity contribution is 7.90. The fourth-order valence-electron chi connectivity index (χ4n) is 3.33. The van der Waals surface area contributed by atoms with Crippen LogP contribution in [0.15, 0.2) is 42.6 Å². The number of aromatic nitrogens is 1. The number of halogens is 4. The largest absolute Gasteiger partial charge is 0.598 e. The number of pyridine rings is 1. The Morgan fingerprint density at radius 2 is 1.54 bits per heavy atom. The van der Waals surface area contributed by atoms with Gasteiger partial charge < -0.3 is 14.6 Å². The van der Waals surface area contributed by atoms with Gasteiger partial charge in [-0.15, -0.1) is 4.72 Å². The summed E-state index contributed by atoms with van der Waals surface area (Å²) in [7, 11) is 0. The van der Waals surface area contributed by atoms with E-state index in [0.717, 1.165) is 18.2 Å². The zero-order valence-corrected chi connectivity index (χ0v) is 21.5. The number of carbonyl (C=O) groups excluding carboxylic acids is 1. The summed E-state index contributed by atoms with van der Waals surface area (Å²) in [5.74, 6) is -0.855. The van der Waals surface area contributed by atoms with Crippen molar-refractivity contribution in [1.29, 1.82) is 0 Å². The molecule has 6 nitrogen and oxygen atoms in total. The lowest BCUT2D eigenvalue weighted by Crippen LogP contribution is -2.62. The van der Waals surface area contributed by atoms with Crippen LogP contribution in [-0.2, 0) is 27.8 Å².